The SMILES string of the molecule is C=C(C)COC(=O)c1nc(C)ccc1Cl. The van der Waals surface area contributed by atoms with Crippen molar-refractivity contribution in [2.24, 2.45) is 0 Å². The van der Waals surface area contributed by atoms with Crippen molar-refractivity contribution in [1.29, 1.82) is 0 Å². The number of esters is 1. The van der Waals surface area contributed by atoms with Crippen LogP contribution in [-0.4, -0.2) is 17.6 Å². The van der Waals surface area contributed by atoms with E-state index in [4.69, 9.17) is 16.3 Å². The predicted octanol–water partition coefficient (Wildman–Crippen LogP) is 2.78. The van der Waals surface area contributed by atoms with Gasteiger partial charge in [0.1, 0.15) is 6.61 Å². The Morgan fingerprint density at radius 3 is 2.87 bits per heavy atom. The lowest BCUT2D eigenvalue weighted by molar-refractivity contribution is 0.0533. The van der Waals surface area contributed by atoms with E-state index in [1.165, 1.54) is 0 Å². The summed E-state index contributed by atoms with van der Waals surface area (Å²) in [6.45, 7) is 7.38. The van der Waals surface area contributed by atoms with Crippen LogP contribution in [-0.2, 0) is 4.74 Å². The number of aromatic nitrogens is 1. The Bertz CT molecular complexity index is 402. The van der Waals surface area contributed by atoms with Crippen LogP contribution in [0, 0.1) is 6.92 Å². The first-order valence-corrected chi connectivity index (χ1v) is 4.83. The fourth-order valence-corrected chi connectivity index (χ4v) is 1.12. The Morgan fingerprint density at radius 2 is 2.27 bits per heavy atom. The van der Waals surface area contributed by atoms with Crippen molar-refractivity contribution in [2.45, 2.75) is 13.8 Å². The zero-order chi connectivity index (χ0) is 11.4. The van der Waals surface area contributed by atoms with E-state index in [1.807, 2.05) is 0 Å². The third-order valence-electron chi connectivity index (χ3n) is 1.63. The van der Waals surface area contributed by atoms with Gasteiger partial charge in [0.2, 0.25) is 0 Å². The Balaban J connectivity index is 2.81. The Morgan fingerprint density at radius 1 is 1.60 bits per heavy atom. The molecule has 0 radical (unpaired) electrons. The fraction of sp³-hybridized carbons (Fsp3) is 0.273. The number of rotatable bonds is 3. The minimum absolute atomic E-state index is 0.151. The summed E-state index contributed by atoms with van der Waals surface area (Å²) in [6.07, 6.45) is 0. The monoisotopic (exact) mass is 225 g/mol. The number of nitrogens with zero attached hydrogens (tertiary/aromatic N) is 1. The molecule has 0 saturated heterocycles. The first-order chi connectivity index (χ1) is 7.00. The third kappa shape index (κ3) is 3.36. The molecule has 0 unspecified atom stereocenters. The molecule has 1 aromatic rings. The number of carbonyl (C=O) groups excluding carboxylic acids is 1. The van der Waals surface area contributed by atoms with Crippen molar-refractivity contribution >= 4 is 17.6 Å². The van der Waals surface area contributed by atoms with E-state index < -0.39 is 5.97 Å². The van der Waals surface area contributed by atoms with Crippen LogP contribution in [0.3, 0.4) is 0 Å². The molecule has 1 heterocycles. The summed E-state index contributed by atoms with van der Waals surface area (Å²) in [5, 5.41) is 0.298. The van der Waals surface area contributed by atoms with Gasteiger partial charge < -0.3 is 4.74 Å². The second-order valence-corrected chi connectivity index (χ2v) is 3.72. The maximum atomic E-state index is 11.5. The molecule has 0 aliphatic rings. The van der Waals surface area contributed by atoms with Gasteiger partial charge in [-0.3, -0.25) is 0 Å². The van der Waals surface area contributed by atoms with E-state index in [1.54, 1.807) is 26.0 Å². The molecule has 0 amide bonds. The van der Waals surface area contributed by atoms with Crippen LogP contribution < -0.4 is 0 Å². The summed E-state index contributed by atoms with van der Waals surface area (Å²) < 4.78 is 4.94. The summed E-state index contributed by atoms with van der Waals surface area (Å²) in [5.41, 5.74) is 1.65. The zero-order valence-electron chi connectivity index (χ0n) is 8.71. The minimum Gasteiger partial charge on any atom is -0.456 e. The van der Waals surface area contributed by atoms with E-state index in [0.717, 1.165) is 11.3 Å². The van der Waals surface area contributed by atoms with Crippen LogP contribution in [0.4, 0.5) is 0 Å². The van der Waals surface area contributed by atoms with Gasteiger partial charge in [-0.2, -0.15) is 0 Å². The number of hydrogen-bond donors (Lipinski definition) is 0. The third-order valence-corrected chi connectivity index (χ3v) is 1.93. The van der Waals surface area contributed by atoms with Crippen LogP contribution in [0.1, 0.15) is 23.1 Å². The molecular weight excluding hydrogens is 214 g/mol. The van der Waals surface area contributed by atoms with Crippen molar-refractivity contribution in [2.75, 3.05) is 6.61 Å². The van der Waals surface area contributed by atoms with Gasteiger partial charge in [0, 0.05) is 5.69 Å². The lowest BCUT2D eigenvalue weighted by Crippen LogP contribution is -2.10. The smallest absolute Gasteiger partial charge is 0.358 e. The van der Waals surface area contributed by atoms with Crippen LogP contribution in [0.5, 0.6) is 0 Å². The molecule has 15 heavy (non-hydrogen) atoms. The van der Waals surface area contributed by atoms with E-state index in [-0.39, 0.29) is 12.3 Å². The summed E-state index contributed by atoms with van der Waals surface area (Å²) >= 11 is 5.82. The van der Waals surface area contributed by atoms with E-state index in [2.05, 4.69) is 11.6 Å². The van der Waals surface area contributed by atoms with Crippen LogP contribution in [0.15, 0.2) is 24.3 Å². The molecule has 0 aromatic carbocycles. The molecule has 1 aromatic heterocycles. The molecule has 0 atom stereocenters. The first kappa shape index (κ1) is 11.7. The van der Waals surface area contributed by atoms with Gasteiger partial charge in [-0.05, 0) is 31.6 Å². The largest absolute Gasteiger partial charge is 0.456 e. The summed E-state index contributed by atoms with van der Waals surface area (Å²) in [5.74, 6) is -0.522. The van der Waals surface area contributed by atoms with Gasteiger partial charge in [-0.1, -0.05) is 18.2 Å². The van der Waals surface area contributed by atoms with Crippen LogP contribution in [0.2, 0.25) is 5.02 Å². The molecule has 0 aliphatic heterocycles. The van der Waals surface area contributed by atoms with Crippen molar-refractivity contribution in [3.63, 3.8) is 0 Å². The van der Waals surface area contributed by atoms with Crippen molar-refractivity contribution in [3.05, 3.63) is 40.7 Å². The molecule has 0 fully saturated rings. The molecule has 4 heteroatoms. The van der Waals surface area contributed by atoms with Gasteiger partial charge in [-0.15, -0.1) is 0 Å². The molecule has 0 saturated carbocycles. The van der Waals surface area contributed by atoms with Crippen LogP contribution in [0.25, 0.3) is 0 Å². The Hall–Kier alpha value is -1.35. The van der Waals surface area contributed by atoms with Gasteiger partial charge in [-0.25, -0.2) is 9.78 Å². The summed E-state index contributed by atoms with van der Waals surface area (Å²) in [4.78, 5) is 15.5. The lowest BCUT2D eigenvalue weighted by atomic mass is 10.3. The maximum absolute atomic E-state index is 11.5. The molecular formula is C11H12ClNO2. The highest BCUT2D eigenvalue weighted by atomic mass is 35.5. The highest BCUT2D eigenvalue weighted by molar-refractivity contribution is 6.33. The van der Waals surface area contributed by atoms with Crippen molar-refractivity contribution < 1.29 is 9.53 Å². The zero-order valence-corrected chi connectivity index (χ0v) is 9.47. The first-order valence-electron chi connectivity index (χ1n) is 4.45. The topological polar surface area (TPSA) is 39.2 Å². The molecule has 1 rings (SSSR count). The highest BCUT2D eigenvalue weighted by Gasteiger charge is 2.13. The molecule has 0 aliphatic carbocycles. The molecule has 0 N–H and O–H groups in total. The second kappa shape index (κ2) is 4.94. The van der Waals surface area contributed by atoms with Gasteiger partial charge in [0.05, 0.1) is 5.02 Å². The van der Waals surface area contributed by atoms with E-state index in [0.29, 0.717) is 5.02 Å². The number of hydrogen-bond acceptors (Lipinski definition) is 3. The average molecular weight is 226 g/mol. The molecule has 0 spiro atoms. The molecule has 0 bridgehead atoms. The van der Waals surface area contributed by atoms with Crippen molar-refractivity contribution in [3.8, 4) is 0 Å². The van der Waals surface area contributed by atoms with E-state index >= 15 is 0 Å². The number of ether oxygens (including phenoxy) is 1. The normalized spacial score (nSPS) is 9.80. The predicted molar refractivity (Wildman–Crippen MR) is 59.1 cm³/mol. The average Bonchev–Trinajstić information content (AvgIpc) is 2.18. The number of pyridine rings is 1. The minimum atomic E-state index is -0.522. The van der Waals surface area contributed by atoms with Crippen molar-refractivity contribution in [1.82, 2.24) is 4.98 Å². The standard InChI is InChI=1S/C11H12ClNO2/c1-7(2)6-15-11(14)10-9(12)5-4-8(3)13-10/h4-5H,1,6H2,2-3H3. The highest BCUT2D eigenvalue weighted by Crippen LogP contribution is 2.15. The Kier molecular flexibility index (Phi) is 3.86. The Labute approximate surface area is 93.7 Å². The van der Waals surface area contributed by atoms with Gasteiger partial charge >= 0.3 is 5.97 Å². The van der Waals surface area contributed by atoms with Gasteiger partial charge in [0.15, 0.2) is 5.69 Å². The summed E-state index contributed by atoms with van der Waals surface area (Å²) in [6, 6.07) is 3.36. The quantitative estimate of drug-likeness (QED) is 0.587. The number of halogens is 1. The summed E-state index contributed by atoms with van der Waals surface area (Å²) in [7, 11) is 0. The van der Waals surface area contributed by atoms with E-state index in [9.17, 15) is 4.79 Å². The number of carbonyl (C=O) groups is 1. The second-order valence-electron chi connectivity index (χ2n) is 3.32. The molecule has 3 nitrogen and oxygen atoms in total. The van der Waals surface area contributed by atoms with Gasteiger partial charge in [0.25, 0.3) is 0 Å². The lowest BCUT2D eigenvalue weighted by Gasteiger charge is -2.05. The maximum Gasteiger partial charge on any atom is 0.358 e. The van der Waals surface area contributed by atoms with Crippen LogP contribution >= 0.6 is 11.6 Å². The molecule has 80 valence electrons. The number of aryl methyl sites for hydroxylation is 1. The fourth-order valence-electron chi connectivity index (χ4n) is 0.940.